The zero-order chi connectivity index (χ0) is 26.3. The van der Waals surface area contributed by atoms with Crippen molar-refractivity contribution in [2.75, 3.05) is 23.3 Å². The van der Waals surface area contributed by atoms with Gasteiger partial charge in [0.15, 0.2) is 11.6 Å². The molecule has 13 heteroatoms. The standard InChI is InChI=1S/C24H19F5N6O2/c25-15-4-3-5-16(26)22(15)35-20(36)9-8-19(32-35)23(37)30-18-7-6-17-14(21(18)33-10-1-2-11-33)12-34(31-17)13-24(27,28)29/h3-9,12H,1-2,10-11,13H2,(H,30,37). The minimum atomic E-state index is -4.46. The minimum Gasteiger partial charge on any atom is -0.369 e. The number of aromatic nitrogens is 4. The molecule has 0 bridgehead atoms. The van der Waals surface area contributed by atoms with Crippen molar-refractivity contribution in [3.63, 3.8) is 0 Å². The Hall–Kier alpha value is -4.29. The van der Waals surface area contributed by atoms with E-state index in [2.05, 4.69) is 15.5 Å². The number of benzene rings is 2. The lowest BCUT2D eigenvalue weighted by molar-refractivity contribution is -0.142. The van der Waals surface area contributed by atoms with Crippen molar-refractivity contribution in [3.8, 4) is 5.69 Å². The number of hydrogen-bond donors (Lipinski definition) is 1. The number of halogens is 5. The van der Waals surface area contributed by atoms with E-state index in [4.69, 9.17) is 0 Å². The first kappa shape index (κ1) is 24.4. The van der Waals surface area contributed by atoms with Crippen molar-refractivity contribution >= 4 is 28.2 Å². The summed E-state index contributed by atoms with van der Waals surface area (Å²) in [6, 6.07) is 8.11. The van der Waals surface area contributed by atoms with E-state index in [-0.39, 0.29) is 5.69 Å². The molecule has 1 aliphatic rings. The van der Waals surface area contributed by atoms with Crippen LogP contribution >= 0.6 is 0 Å². The highest BCUT2D eigenvalue weighted by Crippen LogP contribution is 2.37. The predicted molar refractivity (Wildman–Crippen MR) is 125 cm³/mol. The van der Waals surface area contributed by atoms with Crippen LogP contribution < -0.4 is 15.8 Å². The summed E-state index contributed by atoms with van der Waals surface area (Å²) in [6.07, 6.45) is -1.45. The molecular weight excluding hydrogens is 499 g/mol. The lowest BCUT2D eigenvalue weighted by Gasteiger charge is -2.22. The van der Waals surface area contributed by atoms with Gasteiger partial charge >= 0.3 is 6.18 Å². The average Bonchev–Trinajstić information content (AvgIpc) is 3.48. The zero-order valence-corrected chi connectivity index (χ0v) is 19.1. The molecule has 2 aromatic carbocycles. The maximum Gasteiger partial charge on any atom is 0.408 e. The van der Waals surface area contributed by atoms with Crippen molar-refractivity contribution in [1.82, 2.24) is 19.6 Å². The van der Waals surface area contributed by atoms with E-state index in [9.17, 15) is 31.5 Å². The summed E-state index contributed by atoms with van der Waals surface area (Å²) >= 11 is 0. The molecule has 2 aromatic heterocycles. The Morgan fingerprint density at radius 3 is 2.32 bits per heavy atom. The number of amides is 1. The van der Waals surface area contributed by atoms with Gasteiger partial charge in [-0.25, -0.2) is 8.78 Å². The van der Waals surface area contributed by atoms with Crippen LogP contribution in [0.15, 0.2) is 53.5 Å². The Bertz CT molecular complexity index is 1540. The molecule has 0 radical (unpaired) electrons. The third-order valence-electron chi connectivity index (χ3n) is 5.90. The van der Waals surface area contributed by atoms with Crippen molar-refractivity contribution < 1.29 is 26.7 Å². The summed E-state index contributed by atoms with van der Waals surface area (Å²) in [5, 5.41) is 11.0. The van der Waals surface area contributed by atoms with Crippen LogP contribution in [0.4, 0.5) is 33.3 Å². The zero-order valence-electron chi connectivity index (χ0n) is 19.1. The Morgan fingerprint density at radius 2 is 1.65 bits per heavy atom. The molecule has 192 valence electrons. The molecule has 0 unspecified atom stereocenters. The molecule has 1 aliphatic heterocycles. The van der Waals surface area contributed by atoms with Gasteiger partial charge in [0, 0.05) is 30.7 Å². The molecule has 1 fully saturated rings. The molecular formula is C24H19F5N6O2. The summed E-state index contributed by atoms with van der Waals surface area (Å²) in [7, 11) is 0. The minimum absolute atomic E-state index is 0.294. The Balaban J connectivity index is 1.53. The molecule has 37 heavy (non-hydrogen) atoms. The van der Waals surface area contributed by atoms with Crippen LogP contribution in [-0.2, 0) is 6.54 Å². The summed E-state index contributed by atoms with van der Waals surface area (Å²) in [5.41, 5.74) is -0.753. The number of alkyl halides is 3. The summed E-state index contributed by atoms with van der Waals surface area (Å²) in [6.45, 7) is -0.00880. The van der Waals surface area contributed by atoms with E-state index >= 15 is 0 Å². The molecule has 1 saturated heterocycles. The Labute approximate surface area is 205 Å². The molecule has 0 spiro atoms. The quantitative estimate of drug-likeness (QED) is 0.399. The first-order valence-electron chi connectivity index (χ1n) is 11.3. The molecule has 5 rings (SSSR count). The van der Waals surface area contributed by atoms with Gasteiger partial charge in [0.25, 0.3) is 11.5 Å². The number of fused-ring (bicyclic) bond motifs is 1. The van der Waals surface area contributed by atoms with Crippen LogP contribution in [0.25, 0.3) is 16.6 Å². The SMILES string of the molecule is O=C(Nc1ccc2nn(CC(F)(F)F)cc2c1N1CCCC1)c1ccc(=O)n(-c2c(F)cccc2F)n1. The number of carbonyl (C=O) groups is 1. The fourth-order valence-corrected chi connectivity index (χ4v) is 4.35. The topological polar surface area (TPSA) is 85.0 Å². The maximum absolute atomic E-state index is 14.3. The van der Waals surface area contributed by atoms with Crippen molar-refractivity contribution in [2.45, 2.75) is 25.6 Å². The molecule has 4 aromatic rings. The molecule has 0 atom stereocenters. The number of carbonyl (C=O) groups excluding carboxylic acids is 1. The third-order valence-corrected chi connectivity index (χ3v) is 5.90. The number of nitrogens with one attached hydrogen (secondary N) is 1. The van der Waals surface area contributed by atoms with E-state index in [0.29, 0.717) is 40.0 Å². The van der Waals surface area contributed by atoms with Gasteiger partial charge < -0.3 is 10.2 Å². The second kappa shape index (κ2) is 9.30. The molecule has 1 amide bonds. The third kappa shape index (κ3) is 4.88. The van der Waals surface area contributed by atoms with Crippen molar-refractivity contribution in [2.24, 2.45) is 0 Å². The predicted octanol–water partition coefficient (Wildman–Crippen LogP) is 4.28. The molecule has 1 N–H and O–H groups in total. The highest BCUT2D eigenvalue weighted by Gasteiger charge is 2.29. The number of hydrogen-bond acceptors (Lipinski definition) is 5. The second-order valence-corrected chi connectivity index (χ2v) is 8.52. The fraction of sp³-hybridized carbons (Fsp3) is 0.250. The van der Waals surface area contributed by atoms with Crippen LogP contribution in [0.3, 0.4) is 0 Å². The van der Waals surface area contributed by atoms with E-state index in [1.807, 2.05) is 4.90 Å². The number of nitrogens with zero attached hydrogens (tertiary/aromatic N) is 5. The van der Waals surface area contributed by atoms with Crippen LogP contribution in [0.1, 0.15) is 23.3 Å². The molecule has 0 saturated carbocycles. The van der Waals surface area contributed by atoms with Crippen LogP contribution in [0.2, 0.25) is 0 Å². The summed E-state index contributed by atoms with van der Waals surface area (Å²) < 4.78 is 68.6. The maximum atomic E-state index is 14.3. The Kier molecular flexibility index (Phi) is 6.13. The van der Waals surface area contributed by atoms with E-state index in [0.717, 1.165) is 47.9 Å². The monoisotopic (exact) mass is 518 g/mol. The van der Waals surface area contributed by atoms with Crippen molar-refractivity contribution in [1.29, 1.82) is 0 Å². The normalized spacial score (nSPS) is 13.9. The van der Waals surface area contributed by atoms with E-state index in [1.54, 1.807) is 0 Å². The summed E-state index contributed by atoms with van der Waals surface area (Å²) in [4.78, 5) is 27.3. The van der Waals surface area contributed by atoms with E-state index < -0.39 is 41.5 Å². The Morgan fingerprint density at radius 1 is 0.946 bits per heavy atom. The van der Waals surface area contributed by atoms with Gasteiger partial charge in [-0.05, 0) is 43.2 Å². The van der Waals surface area contributed by atoms with Crippen LogP contribution in [0, 0.1) is 11.6 Å². The molecule has 8 nitrogen and oxygen atoms in total. The van der Waals surface area contributed by atoms with E-state index in [1.165, 1.54) is 18.3 Å². The van der Waals surface area contributed by atoms with Gasteiger partial charge in [0.05, 0.1) is 16.9 Å². The molecule has 0 aliphatic carbocycles. The molecule has 3 heterocycles. The second-order valence-electron chi connectivity index (χ2n) is 8.52. The van der Waals surface area contributed by atoms with Gasteiger partial charge in [0.1, 0.15) is 17.9 Å². The fourth-order valence-electron chi connectivity index (χ4n) is 4.35. The largest absolute Gasteiger partial charge is 0.408 e. The van der Waals surface area contributed by atoms with Gasteiger partial charge in [-0.3, -0.25) is 14.3 Å². The van der Waals surface area contributed by atoms with Crippen LogP contribution in [0.5, 0.6) is 0 Å². The number of rotatable bonds is 5. The van der Waals surface area contributed by atoms with Gasteiger partial charge in [-0.1, -0.05) is 6.07 Å². The average molecular weight is 518 g/mol. The van der Waals surface area contributed by atoms with Crippen molar-refractivity contribution in [3.05, 3.63) is 76.3 Å². The van der Waals surface area contributed by atoms with Gasteiger partial charge in [-0.2, -0.15) is 28.1 Å². The first-order valence-corrected chi connectivity index (χ1v) is 11.3. The smallest absolute Gasteiger partial charge is 0.369 e. The number of para-hydroxylation sites is 1. The highest BCUT2D eigenvalue weighted by molar-refractivity contribution is 6.08. The van der Waals surface area contributed by atoms with Gasteiger partial charge in [-0.15, -0.1) is 0 Å². The summed E-state index contributed by atoms with van der Waals surface area (Å²) in [5.74, 6) is -2.86. The van der Waals surface area contributed by atoms with Gasteiger partial charge in [0.2, 0.25) is 0 Å². The highest BCUT2D eigenvalue weighted by atomic mass is 19.4. The van der Waals surface area contributed by atoms with Crippen LogP contribution in [-0.4, -0.2) is 44.7 Å². The lowest BCUT2D eigenvalue weighted by Crippen LogP contribution is -2.27. The lowest BCUT2D eigenvalue weighted by atomic mass is 10.1. The number of anilines is 2. The first-order chi connectivity index (χ1) is 17.6.